The highest BCUT2D eigenvalue weighted by atomic mass is 32.2. The van der Waals surface area contributed by atoms with E-state index in [0.29, 0.717) is 31.5 Å². The normalized spacial score (nSPS) is 11.8. The van der Waals surface area contributed by atoms with Crippen LogP contribution in [0.15, 0.2) is 24.3 Å². The largest absolute Gasteiger partial charge is 0.469 e. The van der Waals surface area contributed by atoms with Crippen molar-refractivity contribution in [3.05, 3.63) is 29.8 Å². The van der Waals surface area contributed by atoms with Crippen molar-refractivity contribution in [3.63, 3.8) is 0 Å². The second kappa shape index (κ2) is 9.68. The smallest absolute Gasteiger partial charge is 0.309 e. The Morgan fingerprint density at radius 2 is 1.85 bits per heavy atom. The van der Waals surface area contributed by atoms with Gasteiger partial charge in [0, 0.05) is 18.7 Å². The zero-order chi connectivity index (χ0) is 19.8. The van der Waals surface area contributed by atoms with Crippen molar-refractivity contribution in [2.24, 2.45) is 0 Å². The first-order valence-electron chi connectivity index (χ1n) is 8.50. The molecule has 0 spiro atoms. The van der Waals surface area contributed by atoms with Crippen LogP contribution < -0.4 is 10.0 Å². The van der Waals surface area contributed by atoms with Gasteiger partial charge in [0.15, 0.2) is 0 Å². The number of rotatable bonds is 9. The van der Waals surface area contributed by atoms with Gasteiger partial charge in [0.25, 0.3) is 0 Å². The predicted molar refractivity (Wildman–Crippen MR) is 101 cm³/mol. The van der Waals surface area contributed by atoms with Crippen LogP contribution in [0.2, 0.25) is 0 Å². The van der Waals surface area contributed by atoms with Crippen molar-refractivity contribution in [3.8, 4) is 0 Å². The highest BCUT2D eigenvalue weighted by Crippen LogP contribution is 2.14. The van der Waals surface area contributed by atoms with E-state index in [0.717, 1.165) is 5.56 Å². The third kappa shape index (κ3) is 7.53. The van der Waals surface area contributed by atoms with E-state index in [1.165, 1.54) is 7.11 Å². The molecule has 0 atom stereocenters. The molecule has 7 nitrogen and oxygen atoms in total. The first kappa shape index (κ1) is 22.1. The average molecular weight is 384 g/mol. The number of carbonyl (C=O) groups excluding carboxylic acids is 2. The summed E-state index contributed by atoms with van der Waals surface area (Å²) in [5, 5.41) is 2.78. The van der Waals surface area contributed by atoms with E-state index in [-0.39, 0.29) is 18.3 Å². The molecule has 1 aromatic carbocycles. The van der Waals surface area contributed by atoms with Gasteiger partial charge in [0.2, 0.25) is 15.9 Å². The van der Waals surface area contributed by atoms with Crippen molar-refractivity contribution in [1.82, 2.24) is 4.72 Å². The molecule has 0 radical (unpaired) electrons. The number of nitrogens with one attached hydrogen (secondary N) is 2. The third-order valence-electron chi connectivity index (χ3n) is 3.72. The first-order valence-corrected chi connectivity index (χ1v) is 9.98. The van der Waals surface area contributed by atoms with Crippen LogP contribution in [0.5, 0.6) is 0 Å². The maximum absolute atomic E-state index is 12.0. The number of unbranched alkanes of at least 4 members (excludes halogenated alkanes) is 1. The minimum atomic E-state index is -3.35. The second-order valence-electron chi connectivity index (χ2n) is 6.97. The van der Waals surface area contributed by atoms with E-state index in [1.807, 2.05) is 0 Å². The number of ether oxygens (including phenoxy) is 1. The lowest BCUT2D eigenvalue weighted by Gasteiger charge is -2.19. The lowest BCUT2D eigenvalue weighted by atomic mass is 10.1. The third-order valence-corrected chi connectivity index (χ3v) is 5.91. The van der Waals surface area contributed by atoms with E-state index < -0.39 is 14.8 Å². The van der Waals surface area contributed by atoms with Gasteiger partial charge in [-0.25, -0.2) is 13.1 Å². The quantitative estimate of drug-likeness (QED) is 0.502. The lowest BCUT2D eigenvalue weighted by Crippen LogP contribution is -2.39. The highest BCUT2D eigenvalue weighted by molar-refractivity contribution is 7.90. The number of anilines is 1. The van der Waals surface area contributed by atoms with Crippen molar-refractivity contribution in [1.29, 1.82) is 0 Å². The molecule has 0 saturated heterocycles. The summed E-state index contributed by atoms with van der Waals surface area (Å²) in [5.74, 6) is -0.495. The predicted octanol–water partition coefficient (Wildman–Crippen LogP) is 2.23. The summed E-state index contributed by atoms with van der Waals surface area (Å²) in [6.45, 7) is 5.22. The van der Waals surface area contributed by atoms with E-state index >= 15 is 0 Å². The fourth-order valence-corrected chi connectivity index (χ4v) is 2.90. The van der Waals surface area contributed by atoms with Crippen molar-refractivity contribution in [2.45, 2.75) is 51.2 Å². The molecule has 146 valence electrons. The van der Waals surface area contributed by atoms with Gasteiger partial charge < -0.3 is 10.1 Å². The van der Waals surface area contributed by atoms with Crippen LogP contribution in [-0.2, 0) is 30.8 Å². The average Bonchev–Trinajstić information content (AvgIpc) is 2.53. The number of amides is 1. The molecule has 0 heterocycles. The zero-order valence-electron chi connectivity index (χ0n) is 15.8. The summed E-state index contributed by atoms with van der Waals surface area (Å²) in [6, 6.07) is 7.02. The molecule has 0 bridgehead atoms. The Balaban J connectivity index is 2.37. The Hall–Kier alpha value is -1.93. The Bertz CT molecular complexity index is 723. The van der Waals surface area contributed by atoms with Gasteiger partial charge in [-0.1, -0.05) is 12.1 Å². The van der Waals surface area contributed by atoms with Crippen LogP contribution in [0.4, 0.5) is 5.69 Å². The van der Waals surface area contributed by atoms with Gasteiger partial charge in [-0.05, 0) is 51.3 Å². The number of benzene rings is 1. The van der Waals surface area contributed by atoms with Crippen molar-refractivity contribution < 1.29 is 22.7 Å². The summed E-state index contributed by atoms with van der Waals surface area (Å²) >= 11 is 0. The van der Waals surface area contributed by atoms with Gasteiger partial charge in [-0.2, -0.15) is 0 Å². The molecular weight excluding hydrogens is 356 g/mol. The number of sulfonamides is 1. The fraction of sp³-hybridized carbons (Fsp3) is 0.556. The zero-order valence-corrected chi connectivity index (χ0v) is 16.6. The monoisotopic (exact) mass is 384 g/mol. The standard InChI is InChI=1S/C18H28N2O5S/c1-18(2,3)26(23,24)19-11-6-5-10-16(21)20-15-9-7-8-14(12-15)13-17(22)25-4/h7-9,12,19H,5-6,10-11,13H2,1-4H3,(H,20,21). The van der Waals surface area contributed by atoms with Crippen LogP contribution >= 0.6 is 0 Å². The van der Waals surface area contributed by atoms with Crippen LogP contribution in [-0.4, -0.2) is 38.7 Å². The van der Waals surface area contributed by atoms with E-state index in [2.05, 4.69) is 14.8 Å². The maximum atomic E-state index is 12.0. The van der Waals surface area contributed by atoms with Crippen LogP contribution in [0, 0.1) is 0 Å². The number of methoxy groups -OCH3 is 1. The summed E-state index contributed by atoms with van der Waals surface area (Å²) in [7, 11) is -2.02. The topological polar surface area (TPSA) is 102 Å². The van der Waals surface area contributed by atoms with Gasteiger partial charge >= 0.3 is 5.97 Å². The number of hydrogen-bond donors (Lipinski definition) is 2. The molecule has 0 aromatic heterocycles. The minimum Gasteiger partial charge on any atom is -0.469 e. The maximum Gasteiger partial charge on any atom is 0.309 e. The SMILES string of the molecule is COC(=O)Cc1cccc(NC(=O)CCCCNS(=O)(=O)C(C)(C)C)c1. The summed E-state index contributed by atoms with van der Waals surface area (Å²) in [6.07, 6.45) is 1.58. The summed E-state index contributed by atoms with van der Waals surface area (Å²) in [5.41, 5.74) is 1.37. The molecule has 0 fully saturated rings. The molecule has 2 N–H and O–H groups in total. The molecule has 8 heteroatoms. The summed E-state index contributed by atoms with van der Waals surface area (Å²) in [4.78, 5) is 23.3. The Morgan fingerprint density at radius 3 is 2.46 bits per heavy atom. The Labute approximate surface area is 155 Å². The Kier molecular flexibility index (Phi) is 8.23. The van der Waals surface area contributed by atoms with Crippen molar-refractivity contribution in [2.75, 3.05) is 19.0 Å². The van der Waals surface area contributed by atoms with E-state index in [1.54, 1.807) is 45.0 Å². The number of esters is 1. The molecule has 1 rings (SSSR count). The number of carbonyl (C=O) groups is 2. The number of hydrogen-bond acceptors (Lipinski definition) is 5. The molecule has 1 aromatic rings. The second-order valence-corrected chi connectivity index (χ2v) is 9.49. The summed E-state index contributed by atoms with van der Waals surface area (Å²) < 4.78 is 30.1. The highest BCUT2D eigenvalue weighted by Gasteiger charge is 2.27. The van der Waals surface area contributed by atoms with Crippen LogP contribution in [0.1, 0.15) is 45.6 Å². The molecular formula is C18H28N2O5S. The molecule has 0 unspecified atom stereocenters. The molecule has 26 heavy (non-hydrogen) atoms. The van der Waals surface area contributed by atoms with Crippen molar-refractivity contribution >= 4 is 27.6 Å². The first-order chi connectivity index (χ1) is 12.0. The molecule has 0 aliphatic carbocycles. The minimum absolute atomic E-state index is 0.147. The van der Waals surface area contributed by atoms with Gasteiger partial charge in [0.1, 0.15) is 0 Å². The van der Waals surface area contributed by atoms with Gasteiger partial charge in [0.05, 0.1) is 18.3 Å². The van der Waals surface area contributed by atoms with Gasteiger partial charge in [-0.15, -0.1) is 0 Å². The van der Waals surface area contributed by atoms with Gasteiger partial charge in [-0.3, -0.25) is 9.59 Å². The fourth-order valence-electron chi connectivity index (χ4n) is 2.05. The molecule has 0 aliphatic heterocycles. The molecule has 1 amide bonds. The molecule has 0 saturated carbocycles. The molecule has 0 aliphatic rings. The Morgan fingerprint density at radius 1 is 1.15 bits per heavy atom. The van der Waals surface area contributed by atoms with Crippen LogP contribution in [0.3, 0.4) is 0 Å². The van der Waals surface area contributed by atoms with Crippen LogP contribution in [0.25, 0.3) is 0 Å². The van der Waals surface area contributed by atoms with E-state index in [4.69, 9.17) is 0 Å². The lowest BCUT2D eigenvalue weighted by molar-refractivity contribution is -0.139. The van der Waals surface area contributed by atoms with E-state index in [9.17, 15) is 18.0 Å².